The third-order valence-corrected chi connectivity index (χ3v) is 2.73. The summed E-state index contributed by atoms with van der Waals surface area (Å²) in [6, 6.07) is 3.11. The number of fused-ring (bicyclic) bond motifs is 1. The number of hydrogen-bond acceptors (Lipinski definition) is 6. The van der Waals surface area contributed by atoms with Crippen LogP contribution in [-0.2, 0) is 0 Å². The van der Waals surface area contributed by atoms with Gasteiger partial charge < -0.3 is 15.2 Å². The third kappa shape index (κ3) is 2.37. The number of nitrogens with zero attached hydrogens (tertiary/aromatic N) is 3. The summed E-state index contributed by atoms with van der Waals surface area (Å²) in [6.07, 6.45) is -0.310. The average Bonchev–Trinajstić information content (AvgIpc) is 2.80. The Kier molecular flexibility index (Phi) is 3.41. The first-order valence-corrected chi connectivity index (χ1v) is 5.39. The Labute approximate surface area is 107 Å². The van der Waals surface area contributed by atoms with E-state index in [1.807, 2.05) is 0 Å². The molecule has 8 nitrogen and oxygen atoms in total. The van der Waals surface area contributed by atoms with Crippen LogP contribution in [0.4, 0.5) is 5.69 Å². The fourth-order valence-electron chi connectivity index (χ4n) is 1.75. The average molecular weight is 262 g/mol. The Morgan fingerprint density at radius 3 is 2.95 bits per heavy atom. The predicted molar refractivity (Wildman–Crippen MR) is 63.9 cm³/mol. The summed E-state index contributed by atoms with van der Waals surface area (Å²) in [7, 11) is 0. The molecule has 0 saturated heterocycles. The van der Waals surface area contributed by atoms with E-state index in [4.69, 9.17) is 5.26 Å². The van der Waals surface area contributed by atoms with Crippen LogP contribution >= 0.6 is 0 Å². The van der Waals surface area contributed by atoms with Gasteiger partial charge in [0, 0.05) is 11.8 Å². The van der Waals surface area contributed by atoms with Crippen LogP contribution in [0.3, 0.4) is 0 Å². The van der Waals surface area contributed by atoms with Crippen molar-refractivity contribution < 1.29 is 15.1 Å². The molecule has 2 aromatic rings. The van der Waals surface area contributed by atoms with E-state index in [-0.39, 0.29) is 23.1 Å². The zero-order valence-electron chi connectivity index (χ0n) is 9.65. The minimum Gasteiger partial charge on any atom is -0.389 e. The van der Waals surface area contributed by atoms with Crippen molar-refractivity contribution >= 4 is 16.7 Å². The second kappa shape index (κ2) is 5.01. The van der Waals surface area contributed by atoms with Gasteiger partial charge in [-0.05, 0) is 6.07 Å². The number of H-pyrrole nitrogens is 1. The monoisotopic (exact) mass is 262 g/mol. The summed E-state index contributed by atoms with van der Waals surface area (Å²) >= 11 is 0. The molecule has 0 bridgehead atoms. The molecule has 0 fully saturated rings. The number of aliphatic hydroxyl groups is 2. The minimum absolute atomic E-state index is 0.161. The number of pyridine rings is 1. The SMILES string of the molecule is N#CCC(O)C(O)c1cnc2[nH]cc([N+](=O)[O-])c2c1. The quantitative estimate of drug-likeness (QED) is 0.550. The van der Waals surface area contributed by atoms with Crippen LogP contribution in [0.1, 0.15) is 18.1 Å². The summed E-state index contributed by atoms with van der Waals surface area (Å²) in [5, 5.41) is 38.9. The maximum Gasteiger partial charge on any atom is 0.296 e. The molecule has 0 aliphatic rings. The minimum atomic E-state index is -1.31. The van der Waals surface area contributed by atoms with Crippen molar-refractivity contribution in [1.29, 1.82) is 5.26 Å². The van der Waals surface area contributed by atoms with Gasteiger partial charge in [0.25, 0.3) is 5.69 Å². The lowest BCUT2D eigenvalue weighted by Crippen LogP contribution is -2.17. The molecule has 2 heterocycles. The molecule has 98 valence electrons. The van der Waals surface area contributed by atoms with E-state index in [0.717, 1.165) is 0 Å². The Morgan fingerprint density at radius 2 is 2.32 bits per heavy atom. The van der Waals surface area contributed by atoms with Crippen LogP contribution in [-0.4, -0.2) is 31.2 Å². The molecule has 2 rings (SSSR count). The van der Waals surface area contributed by atoms with Gasteiger partial charge in [-0.25, -0.2) is 4.98 Å². The predicted octanol–water partition coefficient (Wildman–Crippen LogP) is 0.779. The van der Waals surface area contributed by atoms with Crippen LogP contribution in [0, 0.1) is 21.4 Å². The number of nitro groups is 1. The molecule has 0 spiro atoms. The number of rotatable bonds is 4. The van der Waals surface area contributed by atoms with Gasteiger partial charge in [0.05, 0.1) is 35.1 Å². The van der Waals surface area contributed by atoms with Crippen molar-refractivity contribution in [2.75, 3.05) is 0 Å². The fraction of sp³-hybridized carbons (Fsp3) is 0.273. The van der Waals surface area contributed by atoms with Crippen molar-refractivity contribution in [2.45, 2.75) is 18.6 Å². The van der Waals surface area contributed by atoms with Gasteiger partial charge in [-0.2, -0.15) is 5.26 Å². The van der Waals surface area contributed by atoms with Crippen LogP contribution in [0.25, 0.3) is 11.0 Å². The summed E-state index contributed by atoms with van der Waals surface area (Å²) in [5.41, 5.74) is 0.377. The summed E-state index contributed by atoms with van der Waals surface area (Å²) < 4.78 is 0. The van der Waals surface area contributed by atoms with Crippen LogP contribution < -0.4 is 0 Å². The summed E-state index contributed by atoms with van der Waals surface area (Å²) in [6.45, 7) is 0. The van der Waals surface area contributed by atoms with Gasteiger partial charge >= 0.3 is 0 Å². The van der Waals surface area contributed by atoms with Gasteiger partial charge in [0.1, 0.15) is 11.8 Å². The molecule has 19 heavy (non-hydrogen) atoms. The van der Waals surface area contributed by atoms with E-state index in [0.29, 0.717) is 5.65 Å². The molecule has 2 aromatic heterocycles. The lowest BCUT2D eigenvalue weighted by Gasteiger charge is -2.14. The van der Waals surface area contributed by atoms with Gasteiger partial charge in [-0.1, -0.05) is 0 Å². The molecule has 0 aliphatic carbocycles. The van der Waals surface area contributed by atoms with Crippen molar-refractivity contribution in [3.63, 3.8) is 0 Å². The molecule has 0 aromatic carbocycles. The largest absolute Gasteiger partial charge is 0.389 e. The Balaban J connectivity index is 2.43. The van der Waals surface area contributed by atoms with Crippen molar-refractivity contribution in [1.82, 2.24) is 9.97 Å². The van der Waals surface area contributed by atoms with Crippen molar-refractivity contribution in [3.05, 3.63) is 34.1 Å². The topological polar surface area (TPSA) is 136 Å². The highest BCUT2D eigenvalue weighted by Gasteiger charge is 2.21. The molecule has 8 heteroatoms. The van der Waals surface area contributed by atoms with Crippen LogP contribution in [0.5, 0.6) is 0 Å². The van der Waals surface area contributed by atoms with Gasteiger partial charge in [0.2, 0.25) is 0 Å². The molecule has 0 radical (unpaired) electrons. The van der Waals surface area contributed by atoms with E-state index in [2.05, 4.69) is 9.97 Å². The number of aromatic amines is 1. The highest BCUT2D eigenvalue weighted by atomic mass is 16.6. The van der Waals surface area contributed by atoms with Gasteiger partial charge in [-0.15, -0.1) is 0 Å². The molecule has 3 N–H and O–H groups in total. The molecule has 2 atom stereocenters. The number of hydrogen-bond donors (Lipinski definition) is 3. The Hall–Kier alpha value is -2.50. The highest BCUT2D eigenvalue weighted by Crippen LogP contribution is 2.27. The second-order valence-electron chi connectivity index (χ2n) is 3.97. The summed E-state index contributed by atoms with van der Waals surface area (Å²) in [5.74, 6) is 0. The zero-order valence-corrected chi connectivity index (χ0v) is 9.65. The Bertz CT molecular complexity index is 660. The maximum atomic E-state index is 10.8. The van der Waals surface area contributed by atoms with Crippen LogP contribution in [0.2, 0.25) is 0 Å². The van der Waals surface area contributed by atoms with Crippen molar-refractivity contribution in [2.24, 2.45) is 0 Å². The molecule has 0 amide bonds. The van der Waals surface area contributed by atoms with E-state index < -0.39 is 17.1 Å². The van der Waals surface area contributed by atoms with E-state index in [9.17, 15) is 20.3 Å². The molecule has 2 unspecified atom stereocenters. The zero-order chi connectivity index (χ0) is 14.0. The third-order valence-electron chi connectivity index (χ3n) is 2.73. The number of nitrogens with one attached hydrogen (secondary N) is 1. The highest BCUT2D eigenvalue weighted by molar-refractivity contribution is 5.86. The maximum absolute atomic E-state index is 10.8. The molecular formula is C11H10N4O4. The molecule has 0 aliphatic heterocycles. The normalized spacial score (nSPS) is 13.9. The molecular weight excluding hydrogens is 252 g/mol. The number of aliphatic hydroxyl groups excluding tert-OH is 2. The smallest absolute Gasteiger partial charge is 0.296 e. The summed E-state index contributed by atoms with van der Waals surface area (Å²) in [4.78, 5) is 16.8. The molecule has 0 saturated carbocycles. The second-order valence-corrected chi connectivity index (χ2v) is 3.97. The lowest BCUT2D eigenvalue weighted by molar-refractivity contribution is -0.383. The lowest BCUT2D eigenvalue weighted by atomic mass is 10.0. The van der Waals surface area contributed by atoms with Gasteiger partial charge in [-0.3, -0.25) is 10.1 Å². The first kappa shape index (κ1) is 12.9. The Morgan fingerprint density at radius 1 is 1.58 bits per heavy atom. The fourth-order valence-corrected chi connectivity index (χ4v) is 1.75. The van der Waals surface area contributed by atoms with Crippen LogP contribution in [0.15, 0.2) is 18.5 Å². The van der Waals surface area contributed by atoms with Crippen molar-refractivity contribution in [3.8, 4) is 6.07 Å². The number of nitriles is 1. The standard InChI is InChI=1S/C11H10N4O4/c12-2-1-9(16)10(17)6-3-7-8(15(18)19)5-14-11(7)13-4-6/h3-5,9-10,16-17H,1H2,(H,13,14). The van der Waals surface area contributed by atoms with E-state index >= 15 is 0 Å². The van der Waals surface area contributed by atoms with E-state index in [1.165, 1.54) is 18.5 Å². The first-order valence-electron chi connectivity index (χ1n) is 5.39. The number of aromatic nitrogens is 2. The van der Waals surface area contributed by atoms with E-state index in [1.54, 1.807) is 6.07 Å². The first-order chi connectivity index (χ1) is 9.04. The van der Waals surface area contributed by atoms with Gasteiger partial charge in [0.15, 0.2) is 0 Å².